The molecule has 18 heavy (non-hydrogen) atoms. The first-order valence-electron chi connectivity index (χ1n) is 7.13. The lowest BCUT2D eigenvalue weighted by Crippen LogP contribution is -2.45. The number of aliphatic hydroxyl groups is 1. The van der Waals surface area contributed by atoms with Crippen LogP contribution >= 0.6 is 23.5 Å². The normalized spacial score (nSPS) is 29.7. The Balaban J connectivity index is 1.85. The molecule has 2 fully saturated rings. The second-order valence-corrected chi connectivity index (χ2v) is 8.68. The zero-order valence-corrected chi connectivity index (χ0v) is 13.2. The molecule has 0 saturated carbocycles. The quantitative estimate of drug-likeness (QED) is 0.861. The fourth-order valence-corrected chi connectivity index (χ4v) is 5.00. The number of hydrogen-bond acceptors (Lipinski definition) is 4. The Morgan fingerprint density at radius 1 is 1.39 bits per heavy atom. The molecule has 2 unspecified atom stereocenters. The smallest absolute Gasteiger partial charge is 0.0701 e. The molecule has 0 aromatic rings. The van der Waals surface area contributed by atoms with Gasteiger partial charge in [-0.1, -0.05) is 13.8 Å². The highest BCUT2D eigenvalue weighted by Gasteiger charge is 2.40. The molecule has 2 heterocycles. The van der Waals surface area contributed by atoms with E-state index in [0.29, 0.717) is 11.2 Å². The van der Waals surface area contributed by atoms with Gasteiger partial charge in [0.15, 0.2) is 0 Å². The predicted octanol–water partition coefficient (Wildman–Crippen LogP) is 3.18. The Hall–Kier alpha value is 0.620. The van der Waals surface area contributed by atoms with Gasteiger partial charge in [0.25, 0.3) is 0 Å². The van der Waals surface area contributed by atoms with Crippen LogP contribution in [-0.2, 0) is 4.74 Å². The van der Waals surface area contributed by atoms with E-state index in [9.17, 15) is 5.11 Å². The fraction of sp³-hybridized carbons (Fsp3) is 1.00. The summed E-state index contributed by atoms with van der Waals surface area (Å²) < 4.78 is 6.08. The molecule has 4 heteroatoms. The van der Waals surface area contributed by atoms with E-state index in [0.717, 1.165) is 25.2 Å². The Kier molecular flexibility index (Phi) is 5.73. The average Bonchev–Trinajstić information content (AvgIpc) is 2.37. The summed E-state index contributed by atoms with van der Waals surface area (Å²) in [4.78, 5) is 0. The summed E-state index contributed by atoms with van der Waals surface area (Å²) in [7, 11) is 0. The predicted molar refractivity (Wildman–Crippen MR) is 81.6 cm³/mol. The van der Waals surface area contributed by atoms with Crippen LogP contribution in [0.5, 0.6) is 0 Å². The van der Waals surface area contributed by atoms with Crippen molar-refractivity contribution >= 4 is 23.5 Å². The summed E-state index contributed by atoms with van der Waals surface area (Å²) >= 11 is 3.91. The summed E-state index contributed by atoms with van der Waals surface area (Å²) in [5.41, 5.74) is 0.109. The molecule has 1 spiro atoms. The van der Waals surface area contributed by atoms with Gasteiger partial charge in [-0.15, -0.1) is 0 Å². The highest BCUT2D eigenvalue weighted by molar-refractivity contribution is 7.99. The van der Waals surface area contributed by atoms with Crippen LogP contribution in [0.3, 0.4) is 0 Å². The first-order valence-corrected chi connectivity index (χ1v) is 9.33. The minimum atomic E-state index is -0.146. The maximum atomic E-state index is 10.4. The molecule has 1 N–H and O–H groups in total. The molecule has 0 aromatic carbocycles. The third kappa shape index (κ3) is 4.06. The SMILES string of the molecule is CC(C)SCC(O)C1CCOC2(CCSCC2)C1. The van der Waals surface area contributed by atoms with Gasteiger partial charge < -0.3 is 9.84 Å². The van der Waals surface area contributed by atoms with Crippen LogP contribution in [0.1, 0.15) is 39.5 Å². The Labute approximate surface area is 120 Å². The maximum Gasteiger partial charge on any atom is 0.0701 e. The molecule has 0 bridgehead atoms. The monoisotopic (exact) mass is 290 g/mol. The molecule has 2 saturated heterocycles. The average molecular weight is 290 g/mol. The van der Waals surface area contributed by atoms with Gasteiger partial charge in [0.2, 0.25) is 0 Å². The Bertz CT molecular complexity index is 247. The number of aliphatic hydroxyl groups excluding tert-OH is 1. The van der Waals surface area contributed by atoms with Crippen molar-refractivity contribution in [1.29, 1.82) is 0 Å². The number of thioether (sulfide) groups is 2. The van der Waals surface area contributed by atoms with Gasteiger partial charge in [-0.2, -0.15) is 23.5 Å². The zero-order chi connectivity index (χ0) is 13.0. The van der Waals surface area contributed by atoms with Crippen LogP contribution in [0.25, 0.3) is 0 Å². The van der Waals surface area contributed by atoms with Gasteiger partial charge in [-0.25, -0.2) is 0 Å². The third-order valence-corrected chi connectivity index (χ3v) is 6.27. The first-order chi connectivity index (χ1) is 8.61. The van der Waals surface area contributed by atoms with Crippen molar-refractivity contribution in [3.8, 4) is 0 Å². The summed E-state index contributed by atoms with van der Waals surface area (Å²) in [6.45, 7) is 5.24. The lowest BCUT2D eigenvalue weighted by Gasteiger charge is -2.44. The molecular formula is C14H26O2S2. The minimum Gasteiger partial charge on any atom is -0.392 e. The Morgan fingerprint density at radius 2 is 2.11 bits per heavy atom. The number of ether oxygens (including phenoxy) is 1. The van der Waals surface area contributed by atoms with E-state index >= 15 is 0 Å². The fourth-order valence-electron chi connectivity index (χ4n) is 2.91. The number of rotatable bonds is 4. The number of hydrogen-bond donors (Lipinski definition) is 1. The molecular weight excluding hydrogens is 264 g/mol. The van der Waals surface area contributed by atoms with Crippen molar-refractivity contribution in [2.45, 2.75) is 56.5 Å². The zero-order valence-electron chi connectivity index (χ0n) is 11.6. The van der Waals surface area contributed by atoms with Gasteiger partial charge in [0.05, 0.1) is 11.7 Å². The molecule has 2 rings (SSSR count). The van der Waals surface area contributed by atoms with Crippen LogP contribution < -0.4 is 0 Å². The van der Waals surface area contributed by atoms with Crippen LogP contribution in [0.15, 0.2) is 0 Å². The topological polar surface area (TPSA) is 29.5 Å². The molecule has 106 valence electrons. The van der Waals surface area contributed by atoms with Crippen LogP contribution in [-0.4, -0.2) is 45.9 Å². The van der Waals surface area contributed by atoms with E-state index in [-0.39, 0.29) is 11.7 Å². The van der Waals surface area contributed by atoms with Crippen LogP contribution in [0.2, 0.25) is 0 Å². The van der Waals surface area contributed by atoms with E-state index in [1.165, 1.54) is 24.3 Å². The molecule has 0 amide bonds. The van der Waals surface area contributed by atoms with Crippen molar-refractivity contribution in [2.24, 2.45) is 5.92 Å². The van der Waals surface area contributed by atoms with Gasteiger partial charge in [0, 0.05) is 12.4 Å². The second-order valence-electron chi connectivity index (χ2n) is 5.85. The largest absolute Gasteiger partial charge is 0.392 e. The molecule has 2 aliphatic rings. The molecule has 0 aromatic heterocycles. The van der Waals surface area contributed by atoms with E-state index in [2.05, 4.69) is 13.8 Å². The third-order valence-electron chi connectivity index (χ3n) is 4.08. The van der Waals surface area contributed by atoms with Gasteiger partial charge in [-0.3, -0.25) is 0 Å². The molecule has 0 aliphatic carbocycles. The van der Waals surface area contributed by atoms with E-state index in [1.807, 2.05) is 23.5 Å². The van der Waals surface area contributed by atoms with Crippen LogP contribution in [0.4, 0.5) is 0 Å². The highest BCUT2D eigenvalue weighted by atomic mass is 32.2. The van der Waals surface area contributed by atoms with E-state index in [4.69, 9.17) is 4.74 Å². The van der Waals surface area contributed by atoms with E-state index in [1.54, 1.807) is 0 Å². The maximum absolute atomic E-state index is 10.4. The van der Waals surface area contributed by atoms with Crippen molar-refractivity contribution in [3.63, 3.8) is 0 Å². The summed E-state index contributed by atoms with van der Waals surface area (Å²) in [5.74, 6) is 3.79. The summed E-state index contributed by atoms with van der Waals surface area (Å²) in [6.07, 6.45) is 4.33. The second kappa shape index (κ2) is 6.87. The van der Waals surface area contributed by atoms with Crippen molar-refractivity contribution in [3.05, 3.63) is 0 Å². The minimum absolute atomic E-state index is 0.109. The molecule has 2 atom stereocenters. The van der Waals surface area contributed by atoms with Crippen molar-refractivity contribution in [2.75, 3.05) is 23.9 Å². The molecule has 2 nitrogen and oxygen atoms in total. The van der Waals surface area contributed by atoms with Gasteiger partial charge in [0.1, 0.15) is 0 Å². The Morgan fingerprint density at radius 3 is 2.78 bits per heavy atom. The van der Waals surface area contributed by atoms with Crippen molar-refractivity contribution in [1.82, 2.24) is 0 Å². The lowest BCUT2D eigenvalue weighted by molar-refractivity contribution is -0.117. The van der Waals surface area contributed by atoms with E-state index < -0.39 is 0 Å². The van der Waals surface area contributed by atoms with Gasteiger partial charge >= 0.3 is 0 Å². The first kappa shape index (κ1) is 15.0. The van der Waals surface area contributed by atoms with Gasteiger partial charge in [-0.05, 0) is 48.4 Å². The summed E-state index contributed by atoms with van der Waals surface area (Å²) in [6, 6.07) is 0. The highest BCUT2D eigenvalue weighted by Crippen LogP contribution is 2.41. The lowest BCUT2D eigenvalue weighted by atomic mass is 9.80. The molecule has 2 aliphatic heterocycles. The molecule has 0 radical (unpaired) electrons. The van der Waals surface area contributed by atoms with Crippen LogP contribution in [0, 0.1) is 5.92 Å². The van der Waals surface area contributed by atoms with Crippen molar-refractivity contribution < 1.29 is 9.84 Å². The summed E-state index contributed by atoms with van der Waals surface area (Å²) in [5, 5.41) is 11.0. The standard InChI is InChI=1S/C14H26O2S2/c1-11(2)18-10-13(15)12-3-6-16-14(9-12)4-7-17-8-5-14/h11-13,15H,3-10H2,1-2H3.